The number of aryl methyl sites for hydroxylation is 1. The lowest BCUT2D eigenvalue weighted by Gasteiger charge is -2.41. The van der Waals surface area contributed by atoms with Crippen molar-refractivity contribution < 1.29 is 14.4 Å². The van der Waals surface area contributed by atoms with E-state index in [9.17, 15) is 14.4 Å². The van der Waals surface area contributed by atoms with Crippen molar-refractivity contribution >= 4 is 29.2 Å². The van der Waals surface area contributed by atoms with E-state index in [4.69, 9.17) is 0 Å². The van der Waals surface area contributed by atoms with E-state index in [0.29, 0.717) is 58.3 Å². The molecule has 0 unspecified atom stereocenters. The summed E-state index contributed by atoms with van der Waals surface area (Å²) in [6.07, 6.45) is 3.11. The van der Waals surface area contributed by atoms with Crippen molar-refractivity contribution in [1.29, 1.82) is 0 Å². The number of hydrogen-bond acceptors (Lipinski definition) is 5. The zero-order valence-corrected chi connectivity index (χ0v) is 20.9. The summed E-state index contributed by atoms with van der Waals surface area (Å²) >= 11 is 1.60. The molecule has 4 rings (SSSR count). The second kappa shape index (κ2) is 10.7. The number of amides is 4. The number of urea groups is 1. The molecule has 1 atom stereocenters. The molecule has 0 aliphatic carbocycles. The summed E-state index contributed by atoms with van der Waals surface area (Å²) in [6.45, 7) is 2.23. The lowest BCUT2D eigenvalue weighted by molar-refractivity contribution is -0.136. The predicted molar refractivity (Wildman–Crippen MR) is 134 cm³/mol. The summed E-state index contributed by atoms with van der Waals surface area (Å²) < 4.78 is 0. The van der Waals surface area contributed by atoms with Gasteiger partial charge in [0, 0.05) is 26.2 Å². The number of likely N-dealkylation sites (N-methyl/N-ethyl adjacent to an activating group) is 1. The molecular weight excluding hydrogens is 448 g/mol. The van der Waals surface area contributed by atoms with Gasteiger partial charge in [0.05, 0.1) is 6.42 Å². The second-order valence-corrected chi connectivity index (χ2v) is 10.4. The normalized spacial score (nSPS) is 21.4. The molecule has 7 nitrogen and oxygen atoms in total. The Hall–Kier alpha value is -2.71. The third-order valence-electron chi connectivity index (χ3n) is 7.10. The van der Waals surface area contributed by atoms with Crippen molar-refractivity contribution in [2.45, 2.75) is 37.6 Å². The standard InChI is InChI=1S/C26H34N4O3S/c1-28(2)15-16-30-24(32)26(27-25(30)33,12-8-20-6-4-3-5-7-20)22-9-13-29(14-10-22)23(31)18-21-11-17-34-19-21/h3-7,11,17,19,22H,8-10,12-16,18H2,1-2H3,(H,27,33)/t26-/m1/s1. The molecule has 0 bridgehead atoms. The molecule has 1 aromatic carbocycles. The van der Waals surface area contributed by atoms with Gasteiger partial charge in [-0.2, -0.15) is 11.3 Å². The van der Waals surface area contributed by atoms with Gasteiger partial charge < -0.3 is 15.1 Å². The molecule has 4 amide bonds. The summed E-state index contributed by atoms with van der Waals surface area (Å²) in [5.74, 6) is 0.0186. The largest absolute Gasteiger partial charge is 0.342 e. The van der Waals surface area contributed by atoms with E-state index in [0.717, 1.165) is 11.1 Å². The number of likely N-dealkylation sites (tertiary alicyclic amines) is 1. The summed E-state index contributed by atoms with van der Waals surface area (Å²) in [7, 11) is 3.87. The van der Waals surface area contributed by atoms with Crippen LogP contribution < -0.4 is 5.32 Å². The molecule has 1 aromatic heterocycles. The highest BCUT2D eigenvalue weighted by atomic mass is 32.1. The maximum absolute atomic E-state index is 13.7. The quantitative estimate of drug-likeness (QED) is 0.558. The van der Waals surface area contributed by atoms with Gasteiger partial charge in [-0.15, -0.1) is 0 Å². The molecule has 3 heterocycles. The summed E-state index contributed by atoms with van der Waals surface area (Å²) in [5.41, 5.74) is 1.28. The summed E-state index contributed by atoms with van der Waals surface area (Å²) in [5, 5.41) is 7.13. The first-order valence-electron chi connectivity index (χ1n) is 12.0. The van der Waals surface area contributed by atoms with Gasteiger partial charge in [-0.25, -0.2) is 4.79 Å². The van der Waals surface area contributed by atoms with Crippen LogP contribution in [-0.4, -0.2) is 78.4 Å². The minimum atomic E-state index is -0.915. The number of carbonyl (C=O) groups is 3. The number of rotatable bonds is 9. The van der Waals surface area contributed by atoms with E-state index < -0.39 is 5.54 Å². The molecule has 0 saturated carbocycles. The van der Waals surface area contributed by atoms with Gasteiger partial charge >= 0.3 is 6.03 Å². The zero-order chi connectivity index (χ0) is 24.1. The Labute approximate surface area is 205 Å². The van der Waals surface area contributed by atoms with Crippen LogP contribution in [-0.2, 0) is 22.4 Å². The van der Waals surface area contributed by atoms with Crippen molar-refractivity contribution in [1.82, 2.24) is 20.0 Å². The van der Waals surface area contributed by atoms with Gasteiger partial charge in [-0.3, -0.25) is 14.5 Å². The van der Waals surface area contributed by atoms with Crippen molar-refractivity contribution in [3.63, 3.8) is 0 Å². The molecule has 2 aliphatic heterocycles. The van der Waals surface area contributed by atoms with Gasteiger partial charge in [0.15, 0.2) is 0 Å². The average Bonchev–Trinajstić information content (AvgIpc) is 3.43. The predicted octanol–water partition coefficient (Wildman–Crippen LogP) is 3.01. The van der Waals surface area contributed by atoms with E-state index in [1.54, 1.807) is 11.3 Å². The molecule has 1 N–H and O–H groups in total. The Morgan fingerprint density at radius 3 is 2.50 bits per heavy atom. The average molecular weight is 483 g/mol. The van der Waals surface area contributed by atoms with Crippen molar-refractivity contribution in [2.24, 2.45) is 5.92 Å². The van der Waals surface area contributed by atoms with Gasteiger partial charge in [-0.05, 0) is 73.6 Å². The molecule has 0 spiro atoms. The van der Waals surface area contributed by atoms with Crippen molar-refractivity contribution in [3.8, 4) is 0 Å². The van der Waals surface area contributed by atoms with Crippen molar-refractivity contribution in [3.05, 3.63) is 58.3 Å². The lowest BCUT2D eigenvalue weighted by Crippen LogP contribution is -2.57. The number of imide groups is 1. The SMILES string of the molecule is CN(C)CCN1C(=O)N[C@](CCc2ccccc2)(C2CCN(C(=O)Cc3ccsc3)CC2)C1=O. The van der Waals surface area contributed by atoms with Gasteiger partial charge in [0.1, 0.15) is 5.54 Å². The summed E-state index contributed by atoms with van der Waals surface area (Å²) in [4.78, 5) is 44.7. The first kappa shape index (κ1) is 24.4. The minimum Gasteiger partial charge on any atom is -0.342 e. The highest BCUT2D eigenvalue weighted by Gasteiger charge is 2.55. The number of nitrogens with one attached hydrogen (secondary N) is 1. The Morgan fingerprint density at radius 1 is 1.12 bits per heavy atom. The monoisotopic (exact) mass is 482 g/mol. The zero-order valence-electron chi connectivity index (χ0n) is 20.0. The third kappa shape index (κ3) is 5.33. The number of thiophene rings is 1. The summed E-state index contributed by atoms with van der Waals surface area (Å²) in [6, 6.07) is 11.8. The van der Waals surface area contributed by atoms with Crippen LogP contribution in [0.25, 0.3) is 0 Å². The highest BCUT2D eigenvalue weighted by molar-refractivity contribution is 7.08. The second-order valence-electron chi connectivity index (χ2n) is 9.61. The fourth-order valence-electron chi connectivity index (χ4n) is 5.09. The van der Waals surface area contributed by atoms with Gasteiger partial charge in [-0.1, -0.05) is 30.3 Å². The number of benzene rings is 1. The molecule has 34 heavy (non-hydrogen) atoms. The number of piperidine rings is 1. The van der Waals surface area contributed by atoms with Gasteiger partial charge in [0.25, 0.3) is 5.91 Å². The first-order chi connectivity index (χ1) is 16.4. The van der Waals surface area contributed by atoms with E-state index in [1.165, 1.54) is 4.90 Å². The van der Waals surface area contributed by atoms with E-state index >= 15 is 0 Å². The number of carbonyl (C=O) groups excluding carboxylic acids is 3. The molecule has 0 radical (unpaired) electrons. The van der Waals surface area contributed by atoms with Crippen LogP contribution in [0.1, 0.15) is 30.4 Å². The Kier molecular flexibility index (Phi) is 7.68. The fourth-order valence-corrected chi connectivity index (χ4v) is 5.75. The maximum atomic E-state index is 13.7. The third-order valence-corrected chi connectivity index (χ3v) is 7.84. The van der Waals surface area contributed by atoms with Crippen LogP contribution in [0.3, 0.4) is 0 Å². The van der Waals surface area contributed by atoms with E-state index in [2.05, 4.69) is 17.4 Å². The van der Waals surface area contributed by atoms with Crippen LogP contribution in [0.4, 0.5) is 4.79 Å². The number of hydrogen-bond donors (Lipinski definition) is 1. The topological polar surface area (TPSA) is 73.0 Å². The van der Waals surface area contributed by atoms with Crippen LogP contribution in [0.2, 0.25) is 0 Å². The Bertz CT molecular complexity index is 987. The van der Waals surface area contributed by atoms with Gasteiger partial charge in [0.2, 0.25) is 5.91 Å². The smallest absolute Gasteiger partial charge is 0.325 e. The number of nitrogens with zero attached hydrogens (tertiary/aromatic N) is 3. The molecule has 2 fully saturated rings. The first-order valence-corrected chi connectivity index (χ1v) is 12.9. The Balaban J connectivity index is 1.48. The fraction of sp³-hybridized carbons (Fsp3) is 0.500. The minimum absolute atomic E-state index is 0.00205. The van der Waals surface area contributed by atoms with Crippen LogP contribution in [0, 0.1) is 5.92 Å². The molecule has 2 saturated heterocycles. The highest BCUT2D eigenvalue weighted by Crippen LogP contribution is 2.37. The van der Waals surface area contributed by atoms with Crippen LogP contribution in [0.5, 0.6) is 0 Å². The molecule has 2 aliphatic rings. The Morgan fingerprint density at radius 2 is 1.85 bits per heavy atom. The maximum Gasteiger partial charge on any atom is 0.325 e. The lowest BCUT2D eigenvalue weighted by atomic mass is 9.74. The molecule has 8 heteroatoms. The molecule has 182 valence electrons. The molecular formula is C26H34N4O3S. The van der Waals surface area contributed by atoms with Crippen LogP contribution in [0.15, 0.2) is 47.2 Å². The molecule has 2 aromatic rings. The van der Waals surface area contributed by atoms with Crippen LogP contribution >= 0.6 is 11.3 Å². The van der Waals surface area contributed by atoms with Crippen molar-refractivity contribution in [2.75, 3.05) is 40.3 Å². The van der Waals surface area contributed by atoms with E-state index in [-0.39, 0.29) is 23.8 Å². The van der Waals surface area contributed by atoms with E-state index in [1.807, 2.05) is 58.9 Å².